The van der Waals surface area contributed by atoms with Gasteiger partial charge in [0.25, 0.3) is 0 Å². The summed E-state index contributed by atoms with van der Waals surface area (Å²) in [5, 5.41) is 15.3. The van der Waals surface area contributed by atoms with E-state index in [9.17, 15) is 0 Å². The average Bonchev–Trinajstić information content (AvgIpc) is 3.06. The Morgan fingerprint density at radius 3 is 0.577 bits per heavy atom. The molecule has 8 rings (SSSR count). The van der Waals surface area contributed by atoms with Crippen LogP contribution < -0.4 is 21.2 Å². The molecule has 276 valence electrons. The summed E-state index contributed by atoms with van der Waals surface area (Å²) in [6.07, 6.45) is 0. The molecule has 0 spiro atoms. The Bertz CT molecular complexity index is 2040. The zero-order valence-corrected chi connectivity index (χ0v) is 37.3. The summed E-state index contributed by atoms with van der Waals surface area (Å²) in [5.41, 5.74) is 5.24. The Morgan fingerprint density at radius 1 is 0.212 bits per heavy atom. The van der Waals surface area contributed by atoms with Gasteiger partial charge in [0.2, 0.25) is 0 Å². The number of rotatable bonds is 2. The first-order chi connectivity index (χ1) is 21.5. The van der Waals surface area contributed by atoms with Crippen LogP contribution in [-0.4, -0.2) is 0 Å². The molecule has 0 radical (unpaired) electrons. The van der Waals surface area contributed by atoms with E-state index >= 15 is 0 Å². The van der Waals surface area contributed by atoms with Gasteiger partial charge in [-0.05, 0) is 86.6 Å². The molecule has 0 aliphatic carbocycles. The molecular formula is C40H32Ar8P4. The van der Waals surface area contributed by atoms with Gasteiger partial charge < -0.3 is 0 Å². The van der Waals surface area contributed by atoms with Crippen molar-refractivity contribution in [3.8, 4) is 22.3 Å². The van der Waals surface area contributed by atoms with E-state index in [1.165, 1.54) is 86.6 Å². The fraction of sp³-hybridized carbons (Fsp3) is 0. The number of benzene rings is 8. The minimum Gasteiger partial charge on any atom is -0.105 e. The molecule has 4 atom stereocenters. The van der Waals surface area contributed by atoms with Crippen molar-refractivity contribution >= 4 is 101 Å². The quantitative estimate of drug-likeness (QED) is 0.152. The van der Waals surface area contributed by atoms with E-state index in [1.807, 2.05) is 0 Å². The van der Waals surface area contributed by atoms with Gasteiger partial charge in [0.05, 0.1) is 0 Å². The van der Waals surface area contributed by atoms with Crippen LogP contribution in [0, 0.1) is 302 Å². The third kappa shape index (κ3) is 14.3. The first kappa shape index (κ1) is 60.7. The zero-order valence-electron chi connectivity index (χ0n) is 27.0. The van der Waals surface area contributed by atoms with E-state index in [-0.39, 0.29) is 302 Å². The van der Waals surface area contributed by atoms with Gasteiger partial charge in [0, 0.05) is 302 Å². The Labute approximate surface area is 557 Å². The summed E-state index contributed by atoms with van der Waals surface area (Å²) in [5.74, 6) is 0. The summed E-state index contributed by atoms with van der Waals surface area (Å²) >= 11 is 0. The smallest absolute Gasteiger partial charge is 0 e. The van der Waals surface area contributed by atoms with E-state index in [0.29, 0.717) is 0 Å². The van der Waals surface area contributed by atoms with Gasteiger partial charge in [0.1, 0.15) is 0 Å². The molecule has 0 fully saturated rings. The monoisotopic (exact) mass is 956 g/mol. The predicted molar refractivity (Wildman–Crippen MR) is 211 cm³/mol. The van der Waals surface area contributed by atoms with E-state index in [2.05, 4.69) is 183 Å². The van der Waals surface area contributed by atoms with Gasteiger partial charge in [-0.25, -0.2) is 0 Å². The summed E-state index contributed by atoms with van der Waals surface area (Å²) < 4.78 is 0. The molecule has 8 aromatic carbocycles. The van der Waals surface area contributed by atoms with Crippen LogP contribution in [0.3, 0.4) is 0 Å². The van der Waals surface area contributed by atoms with Gasteiger partial charge >= 0.3 is 0 Å². The van der Waals surface area contributed by atoms with Gasteiger partial charge in [-0.15, -0.1) is 37.0 Å². The first-order valence-electron chi connectivity index (χ1n) is 14.6. The van der Waals surface area contributed by atoms with Crippen LogP contribution in [-0.2, 0) is 0 Å². The Morgan fingerprint density at radius 2 is 0.385 bits per heavy atom. The molecule has 0 amide bonds. The molecule has 0 heterocycles. The molecule has 0 N–H and O–H groups in total. The Hall–Kier alpha value is 6.60. The molecular weight excluding hydrogens is 924 g/mol. The van der Waals surface area contributed by atoms with E-state index in [4.69, 9.17) is 0 Å². The normalized spacial score (nSPS) is 9.46. The van der Waals surface area contributed by atoms with Crippen LogP contribution in [0.5, 0.6) is 0 Å². The summed E-state index contributed by atoms with van der Waals surface area (Å²) in [4.78, 5) is 0. The molecule has 0 bridgehead atoms. The van der Waals surface area contributed by atoms with Crippen LogP contribution >= 0.6 is 37.0 Å². The average molecular weight is 956 g/mol. The van der Waals surface area contributed by atoms with Crippen molar-refractivity contribution in [2.45, 2.75) is 0 Å². The van der Waals surface area contributed by atoms with Crippen LogP contribution in [0.2, 0.25) is 0 Å². The molecule has 0 saturated heterocycles. The van der Waals surface area contributed by atoms with Crippen molar-refractivity contribution in [1.82, 2.24) is 0 Å². The SMILES string of the molecule is Pc1ccc2ccccc2c1-c1c(P)ccc2ccccc12.Pc1ccc2ccccc2c1-c1c(P)ccc2ccccc12.[Ar].[Ar].[Ar].[Ar].[Ar].[Ar].[Ar].[Ar]. The Balaban J connectivity index is 0. The zero-order chi connectivity index (χ0) is 30.2. The third-order valence-electron chi connectivity index (χ3n) is 8.35. The molecule has 4 unspecified atom stereocenters. The minimum absolute atomic E-state index is 0. The second-order valence-corrected chi connectivity index (χ2v) is 13.5. The fourth-order valence-corrected chi connectivity index (χ4v) is 7.85. The van der Waals surface area contributed by atoms with Gasteiger partial charge in [-0.2, -0.15) is 0 Å². The van der Waals surface area contributed by atoms with Gasteiger partial charge in [-0.1, -0.05) is 146 Å². The van der Waals surface area contributed by atoms with Crippen LogP contribution in [0.4, 0.5) is 0 Å². The maximum Gasteiger partial charge on any atom is 0 e. The van der Waals surface area contributed by atoms with Crippen molar-refractivity contribution in [2.24, 2.45) is 0 Å². The van der Waals surface area contributed by atoms with Crippen molar-refractivity contribution in [1.29, 1.82) is 0 Å². The minimum atomic E-state index is 0. The largest absolute Gasteiger partial charge is 0.105 e. The second kappa shape index (κ2) is 29.9. The molecule has 52 heavy (non-hydrogen) atoms. The molecule has 0 aromatic heterocycles. The van der Waals surface area contributed by atoms with Crippen LogP contribution in [0.1, 0.15) is 0 Å². The number of hydrogen-bond donors (Lipinski definition) is 0. The van der Waals surface area contributed by atoms with Crippen molar-refractivity contribution < 1.29 is 302 Å². The van der Waals surface area contributed by atoms with E-state index in [1.54, 1.807) is 0 Å². The molecule has 0 saturated carbocycles. The number of hydrogen-bond acceptors (Lipinski definition) is 0. The maximum atomic E-state index is 2.90. The molecule has 12 heteroatoms. The van der Waals surface area contributed by atoms with Crippen molar-refractivity contribution in [3.63, 3.8) is 0 Å². The molecule has 0 aliphatic heterocycles. The summed E-state index contributed by atoms with van der Waals surface area (Å²) in [7, 11) is 11.6. The third-order valence-corrected chi connectivity index (χ3v) is 10.3. The molecule has 0 nitrogen and oxygen atoms in total. The first-order valence-corrected chi connectivity index (χ1v) is 16.9. The van der Waals surface area contributed by atoms with Crippen LogP contribution in [0.25, 0.3) is 65.3 Å². The topological polar surface area (TPSA) is 0 Å². The van der Waals surface area contributed by atoms with Gasteiger partial charge in [-0.3, -0.25) is 0 Å². The van der Waals surface area contributed by atoms with Crippen molar-refractivity contribution in [2.75, 3.05) is 0 Å². The standard InChI is InChI=1S/2C20H16P2.8Ar/c2*21-17-11-9-13-5-1-3-7-15(13)19(17)20-16-8-4-2-6-14(16)10-12-18(20)22;;;;;;;;/h2*1-12H,21-22H2;;;;;;;;. The second-order valence-electron chi connectivity index (χ2n) is 11.0. The Kier molecular flexibility index (Phi) is 34.9. The summed E-state index contributed by atoms with van der Waals surface area (Å²) in [6.45, 7) is 0. The molecule has 8 aromatic rings. The van der Waals surface area contributed by atoms with Crippen molar-refractivity contribution in [3.05, 3.63) is 146 Å². The fourth-order valence-electron chi connectivity index (χ4n) is 6.27. The van der Waals surface area contributed by atoms with Crippen LogP contribution in [0.15, 0.2) is 146 Å². The predicted octanol–water partition coefficient (Wildman–Crippen LogP) is 9.32. The van der Waals surface area contributed by atoms with E-state index < -0.39 is 0 Å². The summed E-state index contributed by atoms with van der Waals surface area (Å²) in [6, 6.07) is 51.9. The van der Waals surface area contributed by atoms with Gasteiger partial charge in [0.15, 0.2) is 0 Å². The molecule has 0 aliphatic rings. The van der Waals surface area contributed by atoms with E-state index in [0.717, 1.165) is 0 Å². The maximum absolute atomic E-state index is 2.90. The number of fused-ring (bicyclic) bond motifs is 4.